The molecule has 3 aromatic carbocycles. The molecule has 9 heteroatoms. The van der Waals surface area contributed by atoms with Crippen molar-refractivity contribution in [3.05, 3.63) is 95.8 Å². The van der Waals surface area contributed by atoms with Gasteiger partial charge in [-0.25, -0.2) is 13.1 Å². The third-order valence-corrected chi connectivity index (χ3v) is 7.41. The second-order valence-electron chi connectivity index (χ2n) is 8.27. The van der Waals surface area contributed by atoms with Crippen molar-refractivity contribution < 1.29 is 8.42 Å². The van der Waals surface area contributed by atoms with Crippen LogP contribution in [0.1, 0.15) is 17.0 Å². The number of hydrogen-bond donors (Lipinski definition) is 2. The topological polar surface area (TPSA) is 102 Å². The Balaban J connectivity index is 1.30. The summed E-state index contributed by atoms with van der Waals surface area (Å²) >= 11 is 0. The number of anilines is 3. The molecule has 0 bridgehead atoms. The minimum Gasteiger partial charge on any atom is -0.339 e. The van der Waals surface area contributed by atoms with E-state index in [4.69, 9.17) is 0 Å². The Morgan fingerprint density at radius 2 is 1.49 bits per heavy atom. The van der Waals surface area contributed by atoms with Gasteiger partial charge in [0.2, 0.25) is 0 Å². The second-order valence-corrected chi connectivity index (χ2v) is 9.92. The molecule has 35 heavy (non-hydrogen) atoms. The fourth-order valence-electron chi connectivity index (χ4n) is 3.86. The highest BCUT2D eigenvalue weighted by atomic mass is 32.2. The van der Waals surface area contributed by atoms with Crippen molar-refractivity contribution in [3.63, 3.8) is 0 Å². The van der Waals surface area contributed by atoms with E-state index in [0.29, 0.717) is 22.7 Å². The number of sulfonamides is 1. The molecule has 0 saturated carbocycles. The van der Waals surface area contributed by atoms with Gasteiger partial charge in [-0.15, -0.1) is 10.2 Å². The van der Waals surface area contributed by atoms with E-state index in [2.05, 4.69) is 25.3 Å². The van der Waals surface area contributed by atoms with Crippen LogP contribution in [0.4, 0.5) is 17.2 Å². The number of nitrogens with zero attached hydrogens (tertiary/aromatic N) is 4. The molecule has 0 radical (unpaired) electrons. The lowest BCUT2D eigenvalue weighted by Gasteiger charge is -2.12. The average molecular weight is 485 g/mol. The van der Waals surface area contributed by atoms with E-state index >= 15 is 0 Å². The molecule has 0 aliphatic heterocycles. The lowest BCUT2D eigenvalue weighted by molar-refractivity contribution is 0.602. The molecule has 5 rings (SSSR count). The van der Waals surface area contributed by atoms with E-state index in [1.54, 1.807) is 47.1 Å². The Hall–Kier alpha value is -4.24. The van der Waals surface area contributed by atoms with Crippen LogP contribution in [0.25, 0.3) is 16.6 Å². The van der Waals surface area contributed by atoms with Crippen LogP contribution >= 0.6 is 0 Å². The van der Waals surface area contributed by atoms with Crippen molar-refractivity contribution in [2.24, 2.45) is 0 Å². The minimum absolute atomic E-state index is 0.242. The largest absolute Gasteiger partial charge is 0.339 e. The molecular formula is C26H24N6O2S. The molecule has 2 aromatic heterocycles. The van der Waals surface area contributed by atoms with Gasteiger partial charge in [-0.3, -0.25) is 4.72 Å². The predicted octanol–water partition coefficient (Wildman–Crippen LogP) is 5.29. The number of aryl methyl sites for hydroxylation is 1. The number of nitrogens with one attached hydrogen (secondary N) is 2. The number of benzene rings is 3. The Morgan fingerprint density at radius 3 is 2.17 bits per heavy atom. The van der Waals surface area contributed by atoms with Crippen molar-refractivity contribution in [2.75, 3.05) is 10.0 Å². The van der Waals surface area contributed by atoms with Crippen LogP contribution in [0.3, 0.4) is 0 Å². The maximum absolute atomic E-state index is 13.0. The molecule has 176 valence electrons. The number of fused-ring (bicyclic) bond motifs is 1. The monoisotopic (exact) mass is 484 g/mol. The van der Waals surface area contributed by atoms with E-state index < -0.39 is 10.0 Å². The Kier molecular flexibility index (Phi) is 5.70. The fraction of sp³-hybridized carbons (Fsp3) is 0.115. The number of aromatic nitrogens is 4. The van der Waals surface area contributed by atoms with Crippen molar-refractivity contribution in [1.29, 1.82) is 0 Å². The summed E-state index contributed by atoms with van der Waals surface area (Å²) in [5.74, 6) is 1.21. The maximum atomic E-state index is 13.0. The van der Waals surface area contributed by atoms with Crippen molar-refractivity contribution in [2.45, 2.75) is 25.7 Å². The summed E-state index contributed by atoms with van der Waals surface area (Å²) < 4.78 is 30.5. The van der Waals surface area contributed by atoms with Crippen molar-refractivity contribution >= 4 is 38.0 Å². The molecule has 0 amide bonds. The Bertz CT molecular complexity index is 1620. The van der Waals surface area contributed by atoms with Gasteiger partial charge in [-0.05, 0) is 74.2 Å². The molecule has 2 heterocycles. The molecule has 2 N–H and O–H groups in total. The normalized spacial score (nSPS) is 11.5. The smallest absolute Gasteiger partial charge is 0.262 e. The number of rotatable bonds is 6. The summed E-state index contributed by atoms with van der Waals surface area (Å²) in [6, 6.07) is 23.3. The third-order valence-electron chi connectivity index (χ3n) is 5.97. The van der Waals surface area contributed by atoms with Gasteiger partial charge < -0.3 is 5.32 Å². The van der Waals surface area contributed by atoms with E-state index in [0.717, 1.165) is 28.0 Å². The van der Waals surface area contributed by atoms with Gasteiger partial charge in [-0.2, -0.15) is 5.10 Å². The molecule has 8 nitrogen and oxygen atoms in total. The first kappa shape index (κ1) is 22.5. The summed E-state index contributed by atoms with van der Waals surface area (Å²) in [5.41, 5.74) is 4.33. The molecule has 0 aliphatic rings. The van der Waals surface area contributed by atoms with Crippen molar-refractivity contribution in [3.8, 4) is 5.82 Å². The van der Waals surface area contributed by atoms with Gasteiger partial charge >= 0.3 is 0 Å². The van der Waals surface area contributed by atoms with Crippen LogP contribution in [-0.2, 0) is 10.0 Å². The summed E-state index contributed by atoms with van der Waals surface area (Å²) in [4.78, 5) is 0.242. The van der Waals surface area contributed by atoms with Gasteiger partial charge in [0.25, 0.3) is 10.0 Å². The predicted molar refractivity (Wildman–Crippen MR) is 138 cm³/mol. The minimum atomic E-state index is -3.75. The molecule has 0 fully saturated rings. The zero-order valence-electron chi connectivity index (χ0n) is 19.5. The van der Waals surface area contributed by atoms with Crippen molar-refractivity contribution in [1.82, 2.24) is 20.0 Å². The van der Waals surface area contributed by atoms with Gasteiger partial charge in [0.15, 0.2) is 11.6 Å². The van der Waals surface area contributed by atoms with E-state index in [9.17, 15) is 8.42 Å². The SMILES string of the molecule is Cc1nn(-c2ccc(Nc3ccc(NS(=O)(=O)c4cccc5ccccc45)cc3)nn2)c(C)c1C. The Labute approximate surface area is 203 Å². The average Bonchev–Trinajstić information content (AvgIpc) is 3.12. The van der Waals surface area contributed by atoms with Gasteiger partial charge in [0.05, 0.1) is 10.6 Å². The third kappa shape index (κ3) is 4.45. The quantitative estimate of drug-likeness (QED) is 0.340. The molecule has 0 aliphatic carbocycles. The zero-order chi connectivity index (χ0) is 24.6. The van der Waals surface area contributed by atoms with Crippen LogP contribution in [0.2, 0.25) is 0 Å². The molecule has 5 aromatic rings. The first-order valence-electron chi connectivity index (χ1n) is 11.1. The van der Waals surface area contributed by atoms with Crippen LogP contribution in [0.15, 0.2) is 83.8 Å². The summed E-state index contributed by atoms with van der Waals surface area (Å²) in [7, 11) is -3.75. The maximum Gasteiger partial charge on any atom is 0.262 e. The molecule has 0 spiro atoms. The highest BCUT2D eigenvalue weighted by Gasteiger charge is 2.17. The molecular weight excluding hydrogens is 460 g/mol. The van der Waals surface area contributed by atoms with Crippen LogP contribution in [-0.4, -0.2) is 28.4 Å². The lowest BCUT2D eigenvalue weighted by atomic mass is 10.1. The van der Waals surface area contributed by atoms with Crippen LogP contribution in [0, 0.1) is 20.8 Å². The number of hydrogen-bond acceptors (Lipinski definition) is 6. The van der Waals surface area contributed by atoms with Crippen LogP contribution in [0.5, 0.6) is 0 Å². The van der Waals surface area contributed by atoms with Gasteiger partial charge in [0, 0.05) is 22.5 Å². The zero-order valence-corrected chi connectivity index (χ0v) is 20.3. The lowest BCUT2D eigenvalue weighted by Crippen LogP contribution is -2.13. The first-order chi connectivity index (χ1) is 16.8. The fourth-order valence-corrected chi connectivity index (χ4v) is 5.15. The van der Waals surface area contributed by atoms with Gasteiger partial charge in [0.1, 0.15) is 0 Å². The van der Waals surface area contributed by atoms with Crippen LogP contribution < -0.4 is 10.0 Å². The van der Waals surface area contributed by atoms with Gasteiger partial charge in [-0.1, -0.05) is 36.4 Å². The molecule has 0 atom stereocenters. The summed E-state index contributed by atoms with van der Waals surface area (Å²) in [6.45, 7) is 6.00. The Morgan fingerprint density at radius 1 is 0.771 bits per heavy atom. The highest BCUT2D eigenvalue weighted by molar-refractivity contribution is 7.93. The molecule has 0 saturated heterocycles. The summed E-state index contributed by atoms with van der Waals surface area (Å²) in [5, 5.41) is 17.8. The van der Waals surface area contributed by atoms with E-state index in [1.807, 2.05) is 57.2 Å². The standard InChI is InChI=1S/C26H24N6O2S/c1-17-18(2)30-32(19(17)3)26-16-15-25(28-29-26)27-21-11-13-22(14-12-21)31-35(33,34)24-10-6-8-20-7-4-5-9-23(20)24/h4-16,31H,1-3H3,(H,27,28). The highest BCUT2D eigenvalue weighted by Crippen LogP contribution is 2.26. The first-order valence-corrected chi connectivity index (χ1v) is 12.5. The summed E-state index contributed by atoms with van der Waals surface area (Å²) in [6.07, 6.45) is 0. The van der Waals surface area contributed by atoms with E-state index in [1.165, 1.54) is 0 Å². The second kappa shape index (κ2) is 8.84. The molecule has 0 unspecified atom stereocenters. The van der Waals surface area contributed by atoms with E-state index in [-0.39, 0.29) is 4.90 Å².